The molecule has 2 nitrogen and oxygen atoms in total. The zero-order valence-corrected chi connectivity index (χ0v) is 11.1. The number of hydrogen-bond donors (Lipinski definition) is 1. The highest BCUT2D eigenvalue weighted by Gasteiger charge is 2.25. The molecule has 0 radical (unpaired) electrons. The second kappa shape index (κ2) is 5.29. The minimum atomic E-state index is -0.167. The fraction of sp³-hybridized carbons (Fsp3) is 0.429. The van der Waals surface area contributed by atoms with Crippen LogP contribution in [0.3, 0.4) is 0 Å². The predicted molar refractivity (Wildman–Crippen MR) is 72.8 cm³/mol. The zero-order valence-electron chi connectivity index (χ0n) is 10.3. The summed E-state index contributed by atoms with van der Waals surface area (Å²) in [6, 6.07) is 5.00. The molecule has 2 atom stereocenters. The number of piperidine rings is 1. The summed E-state index contributed by atoms with van der Waals surface area (Å²) < 4.78 is 19.1. The molecule has 1 N–H and O–H groups in total. The molecular formula is C14H17ClFNO. The Morgan fingerprint density at radius 1 is 1.39 bits per heavy atom. The van der Waals surface area contributed by atoms with Crippen LogP contribution in [0, 0.1) is 11.7 Å². The molecule has 1 aliphatic heterocycles. The number of fused-ring (bicyclic) bond motifs is 1. The highest BCUT2D eigenvalue weighted by atomic mass is 35.5. The van der Waals surface area contributed by atoms with E-state index in [0.717, 1.165) is 36.0 Å². The van der Waals surface area contributed by atoms with Crippen molar-refractivity contribution in [3.05, 3.63) is 35.8 Å². The van der Waals surface area contributed by atoms with E-state index >= 15 is 0 Å². The van der Waals surface area contributed by atoms with Gasteiger partial charge in [0.15, 0.2) is 0 Å². The Hall–Kier alpha value is -1.06. The Labute approximate surface area is 112 Å². The molecule has 1 fully saturated rings. The molecule has 2 heterocycles. The molecule has 2 aromatic rings. The van der Waals surface area contributed by atoms with Crippen molar-refractivity contribution in [3.8, 4) is 0 Å². The van der Waals surface area contributed by atoms with Crippen LogP contribution in [0.15, 0.2) is 28.9 Å². The van der Waals surface area contributed by atoms with Gasteiger partial charge in [-0.1, -0.05) is 6.92 Å². The quantitative estimate of drug-likeness (QED) is 0.854. The van der Waals surface area contributed by atoms with Crippen LogP contribution >= 0.6 is 12.4 Å². The SMILES string of the molecule is C[C@@H]1CNCC[C@@H]1c1cc(F)cc2ccoc12.Cl. The summed E-state index contributed by atoms with van der Waals surface area (Å²) in [4.78, 5) is 0. The lowest BCUT2D eigenvalue weighted by molar-refractivity contribution is 0.348. The van der Waals surface area contributed by atoms with Gasteiger partial charge in [0.25, 0.3) is 0 Å². The standard InChI is InChI=1S/C14H16FNO.ClH/c1-9-8-16-4-2-12(9)13-7-11(15)6-10-3-5-17-14(10)13;/h3,5-7,9,12,16H,2,4,8H2,1H3;1H/t9-,12+;/m1./s1. The maximum Gasteiger partial charge on any atom is 0.137 e. The molecular weight excluding hydrogens is 253 g/mol. The Balaban J connectivity index is 0.00000120. The highest BCUT2D eigenvalue weighted by molar-refractivity contribution is 5.85. The first-order valence-electron chi connectivity index (χ1n) is 6.13. The zero-order chi connectivity index (χ0) is 11.8. The van der Waals surface area contributed by atoms with Crippen LogP contribution in [0.2, 0.25) is 0 Å². The molecule has 0 spiro atoms. The molecule has 0 bridgehead atoms. The van der Waals surface area contributed by atoms with Crippen LogP contribution in [0.5, 0.6) is 0 Å². The average Bonchev–Trinajstić information content (AvgIpc) is 2.76. The summed E-state index contributed by atoms with van der Waals surface area (Å²) in [5.74, 6) is 0.735. The minimum Gasteiger partial charge on any atom is -0.464 e. The van der Waals surface area contributed by atoms with Gasteiger partial charge in [0, 0.05) is 10.9 Å². The van der Waals surface area contributed by atoms with Crippen LogP contribution in [0.25, 0.3) is 11.0 Å². The van der Waals surface area contributed by atoms with Gasteiger partial charge in [0.2, 0.25) is 0 Å². The fourth-order valence-electron chi connectivity index (χ4n) is 2.82. The van der Waals surface area contributed by atoms with E-state index < -0.39 is 0 Å². The summed E-state index contributed by atoms with van der Waals surface area (Å²) in [7, 11) is 0. The van der Waals surface area contributed by atoms with Gasteiger partial charge in [0.1, 0.15) is 11.4 Å². The van der Waals surface area contributed by atoms with E-state index in [2.05, 4.69) is 12.2 Å². The van der Waals surface area contributed by atoms with Gasteiger partial charge >= 0.3 is 0 Å². The third-order valence-corrected chi connectivity index (χ3v) is 3.73. The Bertz CT molecular complexity index is 540. The highest BCUT2D eigenvalue weighted by Crippen LogP contribution is 2.35. The molecule has 1 aromatic heterocycles. The van der Waals surface area contributed by atoms with E-state index in [1.165, 1.54) is 6.07 Å². The minimum absolute atomic E-state index is 0. The monoisotopic (exact) mass is 269 g/mol. The molecule has 1 saturated heterocycles. The van der Waals surface area contributed by atoms with E-state index in [0.29, 0.717) is 11.8 Å². The first-order valence-corrected chi connectivity index (χ1v) is 6.13. The lowest BCUT2D eigenvalue weighted by Gasteiger charge is -2.29. The van der Waals surface area contributed by atoms with Crippen molar-refractivity contribution in [1.29, 1.82) is 0 Å². The van der Waals surface area contributed by atoms with Gasteiger partial charge in [-0.25, -0.2) is 4.39 Å². The maximum absolute atomic E-state index is 13.6. The second-order valence-electron chi connectivity index (χ2n) is 4.91. The molecule has 4 heteroatoms. The fourth-order valence-corrected chi connectivity index (χ4v) is 2.82. The first-order chi connectivity index (χ1) is 8.25. The van der Waals surface area contributed by atoms with E-state index in [4.69, 9.17) is 4.42 Å². The molecule has 0 amide bonds. The lowest BCUT2D eigenvalue weighted by Crippen LogP contribution is -2.33. The summed E-state index contributed by atoms with van der Waals surface area (Å²) in [5.41, 5.74) is 1.88. The van der Waals surface area contributed by atoms with Crippen LogP contribution in [0.4, 0.5) is 4.39 Å². The topological polar surface area (TPSA) is 25.2 Å². The molecule has 1 aromatic carbocycles. The van der Waals surface area contributed by atoms with Gasteiger partial charge in [-0.3, -0.25) is 0 Å². The summed E-state index contributed by atoms with van der Waals surface area (Å²) in [6.45, 7) is 4.19. The van der Waals surface area contributed by atoms with Crippen molar-refractivity contribution in [1.82, 2.24) is 5.32 Å². The second-order valence-corrected chi connectivity index (χ2v) is 4.91. The first kappa shape index (κ1) is 13.4. The number of rotatable bonds is 1. The van der Waals surface area contributed by atoms with E-state index in [9.17, 15) is 4.39 Å². The van der Waals surface area contributed by atoms with Gasteiger partial charge < -0.3 is 9.73 Å². The van der Waals surface area contributed by atoms with Crippen LogP contribution in [-0.2, 0) is 0 Å². The van der Waals surface area contributed by atoms with Gasteiger partial charge in [-0.2, -0.15) is 0 Å². The van der Waals surface area contributed by atoms with Crippen molar-refractivity contribution in [2.45, 2.75) is 19.3 Å². The lowest BCUT2D eigenvalue weighted by atomic mass is 9.82. The third kappa shape index (κ3) is 2.25. The molecule has 18 heavy (non-hydrogen) atoms. The molecule has 0 unspecified atom stereocenters. The number of hydrogen-bond acceptors (Lipinski definition) is 2. The number of furan rings is 1. The molecule has 0 saturated carbocycles. The maximum atomic E-state index is 13.6. The van der Waals surface area contributed by atoms with Crippen molar-refractivity contribution in [2.24, 2.45) is 5.92 Å². The van der Waals surface area contributed by atoms with Gasteiger partial charge in [-0.15, -0.1) is 12.4 Å². The van der Waals surface area contributed by atoms with Crippen molar-refractivity contribution in [2.75, 3.05) is 13.1 Å². The van der Waals surface area contributed by atoms with Crippen LogP contribution in [-0.4, -0.2) is 13.1 Å². The Morgan fingerprint density at radius 3 is 3.00 bits per heavy atom. The predicted octanol–water partition coefficient (Wildman–Crippen LogP) is 3.71. The molecule has 98 valence electrons. The van der Waals surface area contributed by atoms with Crippen molar-refractivity contribution < 1.29 is 8.81 Å². The summed E-state index contributed by atoms with van der Waals surface area (Å²) in [5, 5.41) is 4.23. The average molecular weight is 270 g/mol. The molecule has 0 aliphatic carbocycles. The van der Waals surface area contributed by atoms with Gasteiger partial charge in [-0.05, 0) is 49.5 Å². The molecule has 3 rings (SSSR count). The summed E-state index contributed by atoms with van der Waals surface area (Å²) in [6.07, 6.45) is 2.68. The Morgan fingerprint density at radius 2 is 2.22 bits per heavy atom. The van der Waals surface area contributed by atoms with E-state index in [-0.39, 0.29) is 18.2 Å². The van der Waals surface area contributed by atoms with E-state index in [1.807, 2.05) is 6.07 Å². The Kier molecular flexibility index (Phi) is 3.93. The molecule has 1 aliphatic rings. The van der Waals surface area contributed by atoms with E-state index in [1.54, 1.807) is 12.3 Å². The number of benzene rings is 1. The smallest absolute Gasteiger partial charge is 0.137 e. The van der Waals surface area contributed by atoms with Gasteiger partial charge in [0.05, 0.1) is 6.26 Å². The third-order valence-electron chi connectivity index (χ3n) is 3.73. The van der Waals surface area contributed by atoms with Crippen molar-refractivity contribution in [3.63, 3.8) is 0 Å². The van der Waals surface area contributed by atoms with Crippen molar-refractivity contribution >= 4 is 23.4 Å². The van der Waals surface area contributed by atoms with Crippen LogP contribution in [0.1, 0.15) is 24.8 Å². The number of nitrogens with one attached hydrogen (secondary N) is 1. The summed E-state index contributed by atoms with van der Waals surface area (Å²) >= 11 is 0. The largest absolute Gasteiger partial charge is 0.464 e. The number of halogens is 2. The van der Waals surface area contributed by atoms with Crippen LogP contribution < -0.4 is 5.32 Å². The normalized spacial score (nSPS) is 23.9.